The highest BCUT2D eigenvalue weighted by Gasteiger charge is 2.52. The van der Waals surface area contributed by atoms with Gasteiger partial charge < -0.3 is 10.2 Å². The molecule has 2 aromatic carbocycles. The summed E-state index contributed by atoms with van der Waals surface area (Å²) in [5, 5.41) is 3.39. The number of amides is 2. The van der Waals surface area contributed by atoms with Crippen LogP contribution in [-0.2, 0) is 11.1 Å². The Labute approximate surface area is 174 Å². The fourth-order valence-electron chi connectivity index (χ4n) is 5.33. The molecule has 1 saturated carbocycles. The lowest BCUT2D eigenvalue weighted by atomic mass is 9.68. The maximum atomic E-state index is 13.0. The fourth-order valence-corrected chi connectivity index (χ4v) is 5.33. The van der Waals surface area contributed by atoms with Crippen LogP contribution in [0.15, 0.2) is 60.7 Å². The molecule has 4 heteroatoms. The minimum Gasteiger partial charge on any atom is -0.331 e. The van der Waals surface area contributed by atoms with Crippen LogP contribution in [0.25, 0.3) is 0 Å². The first-order chi connectivity index (χ1) is 13.8. The van der Waals surface area contributed by atoms with E-state index in [2.05, 4.69) is 80.6 Å². The second-order valence-electron chi connectivity index (χ2n) is 9.51. The van der Waals surface area contributed by atoms with Crippen LogP contribution in [0, 0.1) is 0 Å². The van der Waals surface area contributed by atoms with Crippen molar-refractivity contribution in [3.63, 3.8) is 0 Å². The van der Waals surface area contributed by atoms with E-state index in [1.807, 2.05) is 23.1 Å². The molecule has 0 aromatic heterocycles. The zero-order valence-electron chi connectivity index (χ0n) is 18.1. The third kappa shape index (κ3) is 3.33. The number of hydrogen-bond acceptors (Lipinski definition) is 2. The van der Waals surface area contributed by atoms with E-state index in [4.69, 9.17) is 0 Å². The molecule has 29 heavy (non-hydrogen) atoms. The van der Waals surface area contributed by atoms with Crippen LogP contribution in [0.4, 0.5) is 4.79 Å². The Balaban J connectivity index is 1.55. The van der Waals surface area contributed by atoms with Gasteiger partial charge in [0.25, 0.3) is 0 Å². The summed E-state index contributed by atoms with van der Waals surface area (Å²) in [5.74, 6) is 0. The molecule has 1 N–H and O–H groups in total. The monoisotopic (exact) mass is 391 g/mol. The molecule has 0 unspecified atom stereocenters. The molecule has 154 valence electrons. The van der Waals surface area contributed by atoms with Gasteiger partial charge in [0, 0.05) is 12.1 Å². The number of urea groups is 1. The summed E-state index contributed by atoms with van der Waals surface area (Å²) < 4.78 is 0. The summed E-state index contributed by atoms with van der Waals surface area (Å²) in [6.07, 6.45) is 4.08. The lowest BCUT2D eigenvalue weighted by Crippen LogP contribution is -2.54. The van der Waals surface area contributed by atoms with Gasteiger partial charge in [0.05, 0.1) is 11.1 Å². The van der Waals surface area contributed by atoms with E-state index < -0.39 is 0 Å². The average molecular weight is 392 g/mol. The van der Waals surface area contributed by atoms with Crippen LogP contribution >= 0.6 is 0 Å². The maximum Gasteiger partial charge on any atom is 0.318 e. The lowest BCUT2D eigenvalue weighted by molar-refractivity contribution is 0.0570. The van der Waals surface area contributed by atoms with Crippen molar-refractivity contribution >= 4 is 6.03 Å². The van der Waals surface area contributed by atoms with Gasteiger partial charge >= 0.3 is 6.03 Å². The highest BCUT2D eigenvalue weighted by Crippen LogP contribution is 2.47. The van der Waals surface area contributed by atoms with E-state index in [0.717, 1.165) is 32.2 Å². The Morgan fingerprint density at radius 3 is 2.00 bits per heavy atom. The number of carbonyl (C=O) groups is 1. The third-order valence-electron chi connectivity index (χ3n) is 7.43. The zero-order valence-corrected chi connectivity index (χ0v) is 18.1. The van der Waals surface area contributed by atoms with Crippen LogP contribution in [0.3, 0.4) is 0 Å². The number of rotatable bonds is 4. The molecule has 0 radical (unpaired) electrons. The van der Waals surface area contributed by atoms with E-state index in [-0.39, 0.29) is 22.6 Å². The lowest BCUT2D eigenvalue weighted by Gasteiger charge is -2.49. The Morgan fingerprint density at radius 1 is 0.897 bits per heavy atom. The number of benzene rings is 2. The second-order valence-corrected chi connectivity index (χ2v) is 9.51. The quantitative estimate of drug-likeness (QED) is 0.819. The molecule has 2 fully saturated rings. The van der Waals surface area contributed by atoms with E-state index in [1.165, 1.54) is 11.1 Å². The largest absolute Gasteiger partial charge is 0.331 e. The van der Waals surface area contributed by atoms with Gasteiger partial charge in [0.15, 0.2) is 0 Å². The van der Waals surface area contributed by atoms with Gasteiger partial charge in [-0.25, -0.2) is 4.79 Å². The van der Waals surface area contributed by atoms with Crippen molar-refractivity contribution in [1.82, 2.24) is 15.1 Å². The standard InChI is InChI=1S/C25H33N3O/c1-23(2,20-11-7-5-8-12-20)28-19-24(26-22(28)29)15-17-25(18-16-24,27(3)4)21-13-9-6-10-14-21/h5-14H,15-19H2,1-4H3,(H,26,29). The van der Waals surface area contributed by atoms with E-state index in [1.54, 1.807) is 0 Å². The summed E-state index contributed by atoms with van der Waals surface area (Å²) in [7, 11) is 4.37. The molecule has 1 spiro atoms. The molecule has 1 heterocycles. The van der Waals surface area contributed by atoms with Gasteiger partial charge in [-0.1, -0.05) is 60.7 Å². The fraction of sp³-hybridized carbons (Fsp3) is 0.480. The summed E-state index contributed by atoms with van der Waals surface area (Å²) in [6, 6.07) is 21.3. The molecule has 2 amide bonds. The number of nitrogens with one attached hydrogen (secondary N) is 1. The molecule has 2 aliphatic rings. The van der Waals surface area contributed by atoms with Crippen LogP contribution in [-0.4, -0.2) is 42.0 Å². The molecular weight excluding hydrogens is 358 g/mol. The van der Waals surface area contributed by atoms with E-state index >= 15 is 0 Å². The zero-order chi connectivity index (χ0) is 20.7. The van der Waals surface area contributed by atoms with E-state index in [0.29, 0.717) is 0 Å². The summed E-state index contributed by atoms with van der Waals surface area (Å²) in [6.45, 7) is 5.07. The Kier molecular flexibility index (Phi) is 4.94. The van der Waals surface area contributed by atoms with E-state index in [9.17, 15) is 4.79 Å². The van der Waals surface area contributed by atoms with Crippen molar-refractivity contribution in [1.29, 1.82) is 0 Å². The minimum atomic E-state index is -0.329. The Bertz CT molecular complexity index is 852. The molecule has 1 aliphatic heterocycles. The van der Waals surface area contributed by atoms with Crippen LogP contribution < -0.4 is 5.32 Å². The summed E-state index contributed by atoms with van der Waals surface area (Å²) >= 11 is 0. The molecule has 0 atom stereocenters. The maximum absolute atomic E-state index is 13.0. The van der Waals surface area contributed by atoms with Gasteiger partial charge in [-0.05, 0) is 64.8 Å². The Morgan fingerprint density at radius 2 is 1.45 bits per heavy atom. The highest BCUT2D eigenvalue weighted by atomic mass is 16.2. The topological polar surface area (TPSA) is 35.6 Å². The summed E-state index contributed by atoms with van der Waals surface area (Å²) in [5.41, 5.74) is 2.14. The van der Waals surface area contributed by atoms with Gasteiger partial charge in [-0.3, -0.25) is 4.90 Å². The van der Waals surface area contributed by atoms with Crippen molar-refractivity contribution in [2.45, 2.75) is 56.1 Å². The first kappa shape index (κ1) is 20.0. The Hall–Kier alpha value is -2.33. The van der Waals surface area contributed by atoms with Crippen molar-refractivity contribution < 1.29 is 4.79 Å². The number of carbonyl (C=O) groups excluding carboxylic acids is 1. The van der Waals surface area contributed by atoms with Crippen molar-refractivity contribution in [3.8, 4) is 0 Å². The average Bonchev–Trinajstić information content (AvgIpc) is 3.06. The smallest absolute Gasteiger partial charge is 0.318 e. The SMILES string of the molecule is CN(C)C1(c2ccccc2)CCC2(CC1)CN(C(C)(C)c1ccccc1)C(=O)N2. The molecule has 1 saturated heterocycles. The summed E-state index contributed by atoms with van der Waals surface area (Å²) in [4.78, 5) is 17.4. The molecule has 1 aliphatic carbocycles. The van der Waals surface area contributed by atoms with Crippen molar-refractivity contribution in [2.75, 3.05) is 20.6 Å². The molecule has 4 rings (SSSR count). The van der Waals surface area contributed by atoms with Gasteiger partial charge in [0.1, 0.15) is 0 Å². The number of nitrogens with zero attached hydrogens (tertiary/aromatic N) is 2. The first-order valence-corrected chi connectivity index (χ1v) is 10.7. The third-order valence-corrected chi connectivity index (χ3v) is 7.43. The number of hydrogen-bond donors (Lipinski definition) is 1. The molecule has 0 bridgehead atoms. The highest BCUT2D eigenvalue weighted by molar-refractivity contribution is 5.79. The molecule has 2 aromatic rings. The van der Waals surface area contributed by atoms with Gasteiger partial charge in [-0.15, -0.1) is 0 Å². The van der Waals surface area contributed by atoms with Gasteiger partial charge in [0.2, 0.25) is 0 Å². The predicted molar refractivity (Wildman–Crippen MR) is 118 cm³/mol. The van der Waals surface area contributed by atoms with Crippen molar-refractivity contribution in [2.24, 2.45) is 0 Å². The van der Waals surface area contributed by atoms with Gasteiger partial charge in [-0.2, -0.15) is 0 Å². The normalized spacial score (nSPS) is 27.5. The van der Waals surface area contributed by atoms with Crippen LogP contribution in [0.2, 0.25) is 0 Å². The van der Waals surface area contributed by atoms with Crippen molar-refractivity contribution in [3.05, 3.63) is 71.8 Å². The minimum absolute atomic E-state index is 0.0413. The first-order valence-electron chi connectivity index (χ1n) is 10.7. The molecule has 4 nitrogen and oxygen atoms in total. The predicted octanol–water partition coefficient (Wildman–Crippen LogP) is 4.72. The second kappa shape index (κ2) is 7.17. The van der Waals surface area contributed by atoms with Crippen LogP contribution in [0.5, 0.6) is 0 Å². The molecular formula is C25H33N3O. The van der Waals surface area contributed by atoms with Crippen LogP contribution in [0.1, 0.15) is 50.7 Å².